The second-order valence-corrected chi connectivity index (χ2v) is 12.7. The average Bonchev–Trinajstić information content (AvgIpc) is 2.82. The Morgan fingerprint density at radius 2 is 1.89 bits per heavy atom. The number of rotatable bonds is 5. The zero-order valence-electron chi connectivity index (χ0n) is 19.6. The van der Waals surface area contributed by atoms with E-state index in [1.54, 1.807) is 26.7 Å². The molecule has 3 heterocycles. The second-order valence-electron chi connectivity index (χ2n) is 9.24. The van der Waals surface area contributed by atoms with Gasteiger partial charge in [0.05, 0.1) is 35.6 Å². The highest BCUT2D eigenvalue weighted by molar-refractivity contribution is 7.63. The topological polar surface area (TPSA) is 101 Å². The maximum atomic E-state index is 14.7. The first kappa shape index (κ1) is 24.9. The number of fused-ring (bicyclic) bond motifs is 1. The van der Waals surface area contributed by atoms with Crippen LogP contribution in [0, 0.1) is 17.1 Å². The van der Waals surface area contributed by atoms with E-state index >= 15 is 0 Å². The molecule has 0 amide bonds. The molecule has 1 N–H and O–H groups in total. The SMILES string of the molecule is C[C@@H](Nc1ncnc2c1cc(C1(C#N)CCP(C)(=O)CC1)c(=O)n2C)c1cccc(C(F)F)c1F. The number of hydrogen-bond donors (Lipinski definition) is 1. The van der Waals surface area contributed by atoms with Crippen molar-refractivity contribution in [3.05, 3.63) is 63.5 Å². The van der Waals surface area contributed by atoms with Crippen molar-refractivity contribution in [1.29, 1.82) is 5.26 Å². The van der Waals surface area contributed by atoms with Gasteiger partial charge in [-0.3, -0.25) is 9.36 Å². The highest BCUT2D eigenvalue weighted by atomic mass is 31.2. The van der Waals surface area contributed by atoms with Crippen LogP contribution in [-0.2, 0) is 17.0 Å². The van der Waals surface area contributed by atoms with E-state index in [4.69, 9.17) is 0 Å². The molecule has 1 aliphatic heterocycles. The molecule has 1 fully saturated rings. The van der Waals surface area contributed by atoms with Crippen LogP contribution in [0.25, 0.3) is 11.0 Å². The van der Waals surface area contributed by atoms with Crippen molar-refractivity contribution in [3.8, 4) is 6.07 Å². The molecule has 184 valence electrons. The van der Waals surface area contributed by atoms with Crippen LogP contribution in [0.1, 0.15) is 48.9 Å². The number of nitriles is 1. The van der Waals surface area contributed by atoms with Gasteiger partial charge < -0.3 is 9.88 Å². The van der Waals surface area contributed by atoms with Crippen molar-refractivity contribution in [3.63, 3.8) is 0 Å². The third-order valence-corrected chi connectivity index (χ3v) is 9.21. The molecule has 3 aromatic rings. The van der Waals surface area contributed by atoms with Gasteiger partial charge >= 0.3 is 0 Å². The smallest absolute Gasteiger partial charge is 0.266 e. The summed E-state index contributed by atoms with van der Waals surface area (Å²) in [6, 6.07) is 6.96. The summed E-state index contributed by atoms with van der Waals surface area (Å²) < 4.78 is 54.9. The molecule has 7 nitrogen and oxygen atoms in total. The molecular weight excluding hydrogens is 478 g/mol. The number of benzene rings is 1. The van der Waals surface area contributed by atoms with Gasteiger partial charge in [0, 0.05) is 30.5 Å². The summed E-state index contributed by atoms with van der Waals surface area (Å²) in [5.74, 6) is -0.727. The lowest BCUT2D eigenvalue weighted by Gasteiger charge is -2.34. The Balaban J connectivity index is 1.81. The van der Waals surface area contributed by atoms with Gasteiger partial charge in [-0.05, 0) is 32.5 Å². The van der Waals surface area contributed by atoms with Crippen LogP contribution in [0.3, 0.4) is 0 Å². The molecule has 0 unspecified atom stereocenters. The molecule has 1 atom stereocenters. The van der Waals surface area contributed by atoms with E-state index in [9.17, 15) is 27.8 Å². The molecule has 1 aliphatic rings. The van der Waals surface area contributed by atoms with E-state index < -0.39 is 36.4 Å². The van der Waals surface area contributed by atoms with Crippen LogP contribution >= 0.6 is 7.14 Å². The summed E-state index contributed by atoms with van der Waals surface area (Å²) in [4.78, 5) is 21.7. The third kappa shape index (κ3) is 4.45. The standard InChI is InChI=1S/C24H25F3N5O2P/c1-14(15-5-4-6-16(19(15)25)20(26)27)31-21-17-11-18(23(33)32(2)22(17)30-13-29-21)24(12-28)7-9-35(3,34)10-8-24/h4-6,11,13-14,20H,7-10H2,1-3H3,(H,29,30,31)/t14-,24?,35?/m1/s1. The number of nitrogens with zero attached hydrogens (tertiary/aromatic N) is 4. The van der Waals surface area contributed by atoms with E-state index in [-0.39, 0.29) is 22.5 Å². The summed E-state index contributed by atoms with van der Waals surface area (Å²) in [6.07, 6.45) is -0.358. The van der Waals surface area contributed by atoms with Gasteiger partial charge in [-0.1, -0.05) is 18.2 Å². The first-order valence-electron chi connectivity index (χ1n) is 11.1. The molecule has 0 spiro atoms. The molecule has 35 heavy (non-hydrogen) atoms. The van der Waals surface area contributed by atoms with Crippen LogP contribution in [0.5, 0.6) is 0 Å². The lowest BCUT2D eigenvalue weighted by atomic mass is 9.77. The fraction of sp³-hybridized carbons (Fsp3) is 0.417. The Kier molecular flexibility index (Phi) is 6.50. The Hall–Kier alpha value is -3.18. The second kappa shape index (κ2) is 9.12. The van der Waals surface area contributed by atoms with E-state index in [2.05, 4.69) is 21.4 Å². The van der Waals surface area contributed by atoms with Gasteiger partial charge in [-0.25, -0.2) is 23.1 Å². The first-order valence-corrected chi connectivity index (χ1v) is 13.7. The Labute approximate surface area is 200 Å². The number of aromatic nitrogens is 3. The fourth-order valence-electron chi connectivity index (χ4n) is 4.61. The van der Waals surface area contributed by atoms with E-state index in [0.717, 1.165) is 6.07 Å². The largest absolute Gasteiger partial charge is 0.363 e. The van der Waals surface area contributed by atoms with Crippen molar-refractivity contribution < 1.29 is 17.7 Å². The zero-order chi connectivity index (χ0) is 25.5. The number of pyridine rings is 1. The highest BCUT2D eigenvalue weighted by Crippen LogP contribution is 2.52. The van der Waals surface area contributed by atoms with Gasteiger partial charge in [0.1, 0.15) is 23.6 Å². The van der Waals surface area contributed by atoms with Crippen LogP contribution in [0.15, 0.2) is 35.4 Å². The predicted molar refractivity (Wildman–Crippen MR) is 128 cm³/mol. The van der Waals surface area contributed by atoms with Crippen LogP contribution in [-0.4, -0.2) is 33.5 Å². The van der Waals surface area contributed by atoms with E-state index in [1.165, 1.54) is 23.0 Å². The van der Waals surface area contributed by atoms with Crippen molar-refractivity contribution in [1.82, 2.24) is 14.5 Å². The third-order valence-electron chi connectivity index (χ3n) is 6.87. The van der Waals surface area contributed by atoms with Gasteiger partial charge in [0.25, 0.3) is 12.0 Å². The first-order chi connectivity index (χ1) is 16.5. The molecule has 0 saturated carbocycles. The van der Waals surface area contributed by atoms with Gasteiger partial charge in [-0.15, -0.1) is 0 Å². The zero-order valence-corrected chi connectivity index (χ0v) is 20.5. The predicted octanol–water partition coefficient (Wildman–Crippen LogP) is 5.13. The molecule has 1 saturated heterocycles. The molecule has 0 radical (unpaired) electrons. The molecular formula is C24H25F3N5O2P. The van der Waals surface area contributed by atoms with Crippen LogP contribution in [0.2, 0.25) is 0 Å². The van der Waals surface area contributed by atoms with Crippen LogP contribution < -0.4 is 10.9 Å². The van der Waals surface area contributed by atoms with Gasteiger partial charge in [0.2, 0.25) is 0 Å². The van der Waals surface area contributed by atoms with E-state index in [0.29, 0.717) is 36.2 Å². The molecule has 2 aromatic heterocycles. The molecule has 4 rings (SSSR count). The quantitative estimate of drug-likeness (QED) is 0.485. The van der Waals surface area contributed by atoms with Crippen molar-refractivity contribution in [2.24, 2.45) is 7.05 Å². The average molecular weight is 503 g/mol. The summed E-state index contributed by atoms with van der Waals surface area (Å²) in [7, 11) is -0.799. The number of hydrogen-bond acceptors (Lipinski definition) is 6. The van der Waals surface area contributed by atoms with Gasteiger partial charge in [0.15, 0.2) is 0 Å². The lowest BCUT2D eigenvalue weighted by Crippen LogP contribution is -2.38. The van der Waals surface area contributed by atoms with Crippen molar-refractivity contribution in [2.75, 3.05) is 24.3 Å². The summed E-state index contributed by atoms with van der Waals surface area (Å²) in [5, 5.41) is 13.6. The summed E-state index contributed by atoms with van der Waals surface area (Å²) >= 11 is 0. The maximum absolute atomic E-state index is 14.7. The maximum Gasteiger partial charge on any atom is 0.266 e. The Bertz CT molecular complexity index is 1440. The van der Waals surface area contributed by atoms with Crippen LogP contribution in [0.4, 0.5) is 19.0 Å². The minimum atomic E-state index is -2.95. The molecule has 1 aromatic carbocycles. The number of anilines is 1. The van der Waals surface area contributed by atoms with Gasteiger partial charge in [-0.2, -0.15) is 5.26 Å². The minimum absolute atomic E-state index is 0.0408. The number of halogens is 3. The number of alkyl halides is 2. The fourth-order valence-corrected chi connectivity index (χ4v) is 6.55. The normalized spacial score (nSPS) is 23.3. The summed E-state index contributed by atoms with van der Waals surface area (Å²) in [5.41, 5.74) is -1.54. The molecule has 0 aliphatic carbocycles. The monoisotopic (exact) mass is 503 g/mol. The van der Waals surface area contributed by atoms with Crippen molar-refractivity contribution in [2.45, 2.75) is 37.6 Å². The lowest BCUT2D eigenvalue weighted by molar-refractivity contribution is 0.146. The molecule has 0 bridgehead atoms. The van der Waals surface area contributed by atoms with Crippen molar-refractivity contribution >= 4 is 24.0 Å². The number of nitrogens with one attached hydrogen (secondary N) is 1. The summed E-state index contributed by atoms with van der Waals surface area (Å²) in [6.45, 7) is 3.33. The van der Waals surface area contributed by atoms with E-state index in [1.807, 2.05) is 0 Å². The Morgan fingerprint density at radius 3 is 2.51 bits per heavy atom. The Morgan fingerprint density at radius 1 is 1.23 bits per heavy atom. The minimum Gasteiger partial charge on any atom is -0.363 e. The highest BCUT2D eigenvalue weighted by Gasteiger charge is 2.42. The molecule has 11 heteroatoms. The number of aryl methyl sites for hydroxylation is 1.